The molecule has 0 saturated carbocycles. The van der Waals surface area contributed by atoms with E-state index in [0.717, 1.165) is 30.4 Å². The number of nitrogens with zero attached hydrogens (tertiary/aromatic N) is 2. The minimum Gasteiger partial charge on any atom is -0.444 e. The van der Waals surface area contributed by atoms with Crippen LogP contribution in [0.3, 0.4) is 0 Å². The van der Waals surface area contributed by atoms with Gasteiger partial charge in [-0.2, -0.15) is 0 Å². The second kappa shape index (κ2) is 4.84. The Labute approximate surface area is 140 Å². The number of hydrogen-bond donors (Lipinski definition) is 0. The van der Waals surface area contributed by atoms with E-state index in [4.69, 9.17) is 21.1 Å². The lowest BCUT2D eigenvalue weighted by Gasteiger charge is -2.34. The standard InChI is InChI=1S/C17H21ClN2O3/c1-16(2,3)23-15(21)20-11-4-5-13(20)17(7-11)12-8-19-14(18)6-10(12)9-22-17/h6,8,11,13H,4-5,7,9H2,1-3H3/t11-,13+,17-/m0/s1. The molecule has 5 nitrogen and oxygen atoms in total. The minimum absolute atomic E-state index is 0.0200. The van der Waals surface area contributed by atoms with Crippen LogP contribution >= 0.6 is 11.6 Å². The Morgan fingerprint density at radius 3 is 3.00 bits per heavy atom. The molecule has 2 bridgehead atoms. The number of halogens is 1. The summed E-state index contributed by atoms with van der Waals surface area (Å²) in [4.78, 5) is 18.8. The van der Waals surface area contributed by atoms with Crippen molar-refractivity contribution in [2.75, 3.05) is 0 Å². The summed E-state index contributed by atoms with van der Waals surface area (Å²) in [6.45, 7) is 6.22. The number of pyridine rings is 1. The van der Waals surface area contributed by atoms with Crippen molar-refractivity contribution in [3.05, 3.63) is 28.5 Å². The highest BCUT2D eigenvalue weighted by Gasteiger charge is 2.62. The van der Waals surface area contributed by atoms with Gasteiger partial charge in [0.25, 0.3) is 0 Å². The molecule has 0 aliphatic carbocycles. The van der Waals surface area contributed by atoms with Gasteiger partial charge in [-0.3, -0.25) is 4.90 Å². The van der Waals surface area contributed by atoms with Crippen molar-refractivity contribution in [1.82, 2.24) is 9.88 Å². The molecule has 3 aliphatic heterocycles. The fourth-order valence-corrected chi connectivity index (χ4v) is 4.50. The van der Waals surface area contributed by atoms with Gasteiger partial charge in [0.05, 0.1) is 12.6 Å². The Balaban J connectivity index is 1.67. The lowest BCUT2D eigenvalue weighted by atomic mass is 9.80. The monoisotopic (exact) mass is 336 g/mol. The molecule has 3 atom stereocenters. The zero-order chi connectivity index (χ0) is 16.4. The van der Waals surface area contributed by atoms with E-state index in [1.165, 1.54) is 0 Å². The number of carbonyl (C=O) groups is 1. The summed E-state index contributed by atoms with van der Waals surface area (Å²) >= 11 is 6.00. The van der Waals surface area contributed by atoms with Crippen molar-refractivity contribution < 1.29 is 14.3 Å². The normalized spacial score (nSPS) is 31.7. The molecule has 2 fully saturated rings. The second-order valence-electron chi connectivity index (χ2n) is 7.68. The predicted molar refractivity (Wildman–Crippen MR) is 85.2 cm³/mol. The molecule has 2 saturated heterocycles. The molecule has 1 aromatic heterocycles. The first kappa shape index (κ1) is 15.2. The van der Waals surface area contributed by atoms with Crippen LogP contribution < -0.4 is 0 Å². The highest BCUT2D eigenvalue weighted by molar-refractivity contribution is 6.29. The molecule has 0 radical (unpaired) electrons. The van der Waals surface area contributed by atoms with Crippen molar-refractivity contribution in [3.8, 4) is 0 Å². The Morgan fingerprint density at radius 1 is 1.48 bits per heavy atom. The SMILES string of the molecule is CC(C)(C)OC(=O)N1[C@H]2CC[C@@H]1[C@@]1(C2)OCc2cc(Cl)ncc21. The van der Waals surface area contributed by atoms with E-state index in [-0.39, 0.29) is 18.2 Å². The summed E-state index contributed by atoms with van der Waals surface area (Å²) in [6.07, 6.45) is 4.34. The average Bonchev–Trinajstić information content (AvgIpc) is 3.09. The zero-order valence-electron chi connectivity index (χ0n) is 13.6. The van der Waals surface area contributed by atoms with E-state index >= 15 is 0 Å². The molecular weight excluding hydrogens is 316 g/mol. The molecular formula is C17H21ClN2O3. The first-order chi connectivity index (χ1) is 10.8. The number of aromatic nitrogens is 1. The second-order valence-corrected chi connectivity index (χ2v) is 8.07. The molecule has 0 aromatic carbocycles. The van der Waals surface area contributed by atoms with E-state index < -0.39 is 11.2 Å². The van der Waals surface area contributed by atoms with Crippen LogP contribution in [0.15, 0.2) is 12.3 Å². The van der Waals surface area contributed by atoms with Crippen LogP contribution in [0.4, 0.5) is 4.79 Å². The molecule has 23 heavy (non-hydrogen) atoms. The molecule has 0 N–H and O–H groups in total. The van der Waals surface area contributed by atoms with Crippen molar-refractivity contribution in [3.63, 3.8) is 0 Å². The van der Waals surface area contributed by atoms with Crippen LogP contribution in [0.1, 0.15) is 51.2 Å². The molecule has 1 spiro atoms. The highest BCUT2D eigenvalue weighted by Crippen LogP contribution is 2.55. The van der Waals surface area contributed by atoms with Crippen LogP contribution in [0.2, 0.25) is 5.15 Å². The molecule has 1 aromatic rings. The van der Waals surface area contributed by atoms with E-state index in [2.05, 4.69) is 4.98 Å². The highest BCUT2D eigenvalue weighted by atomic mass is 35.5. The quantitative estimate of drug-likeness (QED) is 0.679. The van der Waals surface area contributed by atoms with Crippen molar-refractivity contribution in [2.45, 2.75) is 69.9 Å². The summed E-state index contributed by atoms with van der Waals surface area (Å²) in [6, 6.07) is 2.07. The van der Waals surface area contributed by atoms with Crippen LogP contribution in [-0.2, 0) is 21.7 Å². The Hall–Kier alpha value is -1.33. The largest absolute Gasteiger partial charge is 0.444 e. The van der Waals surface area contributed by atoms with Crippen molar-refractivity contribution in [1.29, 1.82) is 0 Å². The van der Waals surface area contributed by atoms with Crippen LogP contribution in [0.25, 0.3) is 0 Å². The average molecular weight is 337 g/mol. The van der Waals surface area contributed by atoms with E-state index in [1.807, 2.05) is 37.9 Å². The van der Waals surface area contributed by atoms with Gasteiger partial charge in [0.1, 0.15) is 16.4 Å². The molecule has 3 aliphatic rings. The third-order valence-corrected chi connectivity index (χ3v) is 5.29. The van der Waals surface area contributed by atoms with Gasteiger partial charge in [-0.05, 0) is 45.2 Å². The maximum Gasteiger partial charge on any atom is 0.410 e. The summed E-state index contributed by atoms with van der Waals surface area (Å²) in [7, 11) is 0. The Morgan fingerprint density at radius 2 is 2.26 bits per heavy atom. The van der Waals surface area contributed by atoms with Gasteiger partial charge < -0.3 is 9.47 Å². The topological polar surface area (TPSA) is 51.7 Å². The lowest BCUT2D eigenvalue weighted by molar-refractivity contribution is -0.0662. The first-order valence-corrected chi connectivity index (χ1v) is 8.48. The molecule has 4 rings (SSSR count). The third kappa shape index (κ3) is 2.24. The smallest absolute Gasteiger partial charge is 0.410 e. The predicted octanol–water partition coefficient (Wildman–Crippen LogP) is 3.63. The summed E-state index contributed by atoms with van der Waals surface area (Å²) in [5, 5.41) is 0.483. The molecule has 124 valence electrons. The molecule has 4 heterocycles. The van der Waals surface area contributed by atoms with Crippen LogP contribution in [0, 0.1) is 0 Å². The van der Waals surface area contributed by atoms with Gasteiger partial charge in [-0.25, -0.2) is 9.78 Å². The first-order valence-electron chi connectivity index (χ1n) is 8.10. The number of carbonyl (C=O) groups excluding carboxylic acids is 1. The summed E-state index contributed by atoms with van der Waals surface area (Å²) < 4.78 is 11.8. The summed E-state index contributed by atoms with van der Waals surface area (Å²) in [5.74, 6) is 0. The molecule has 1 amide bonds. The van der Waals surface area contributed by atoms with E-state index in [1.54, 1.807) is 0 Å². The maximum absolute atomic E-state index is 12.6. The van der Waals surface area contributed by atoms with E-state index in [0.29, 0.717) is 11.8 Å². The van der Waals surface area contributed by atoms with Gasteiger partial charge in [-0.1, -0.05) is 11.6 Å². The van der Waals surface area contributed by atoms with Gasteiger partial charge in [0, 0.05) is 24.2 Å². The number of hydrogen-bond acceptors (Lipinski definition) is 4. The summed E-state index contributed by atoms with van der Waals surface area (Å²) in [5.41, 5.74) is 1.24. The number of rotatable bonds is 0. The number of ether oxygens (including phenoxy) is 2. The Bertz CT molecular complexity index is 672. The lowest BCUT2D eigenvalue weighted by Crippen LogP contribution is -2.45. The Kier molecular flexibility index (Phi) is 3.20. The van der Waals surface area contributed by atoms with Crippen molar-refractivity contribution >= 4 is 17.7 Å². The van der Waals surface area contributed by atoms with Crippen LogP contribution in [0.5, 0.6) is 0 Å². The van der Waals surface area contributed by atoms with Crippen molar-refractivity contribution in [2.24, 2.45) is 0 Å². The third-order valence-electron chi connectivity index (χ3n) is 5.08. The zero-order valence-corrected chi connectivity index (χ0v) is 14.4. The molecule has 6 heteroatoms. The van der Waals surface area contributed by atoms with E-state index in [9.17, 15) is 4.79 Å². The van der Waals surface area contributed by atoms with Gasteiger partial charge in [-0.15, -0.1) is 0 Å². The van der Waals surface area contributed by atoms with Gasteiger partial charge in [0.15, 0.2) is 0 Å². The molecule has 0 unspecified atom stereocenters. The maximum atomic E-state index is 12.6. The number of fused-ring (bicyclic) bond motifs is 5. The fourth-order valence-electron chi connectivity index (χ4n) is 4.32. The number of amides is 1. The fraction of sp³-hybridized carbons (Fsp3) is 0.647. The minimum atomic E-state index is -0.490. The van der Waals surface area contributed by atoms with Gasteiger partial charge in [0.2, 0.25) is 0 Å². The van der Waals surface area contributed by atoms with Gasteiger partial charge >= 0.3 is 6.09 Å². The van der Waals surface area contributed by atoms with Crippen LogP contribution in [-0.4, -0.2) is 33.7 Å².